The van der Waals surface area contributed by atoms with E-state index < -0.39 is 0 Å². The predicted molar refractivity (Wildman–Crippen MR) is 121 cm³/mol. The number of halogens is 1. The van der Waals surface area contributed by atoms with Crippen molar-refractivity contribution in [3.63, 3.8) is 0 Å². The van der Waals surface area contributed by atoms with Crippen LogP contribution < -0.4 is 9.64 Å². The van der Waals surface area contributed by atoms with Crippen molar-refractivity contribution in [3.05, 3.63) is 81.0 Å². The molecule has 0 N–H and O–H groups in total. The van der Waals surface area contributed by atoms with Crippen LogP contribution in [0.15, 0.2) is 60.0 Å². The summed E-state index contributed by atoms with van der Waals surface area (Å²) < 4.78 is 5.31. The molecule has 2 aliphatic rings. The molecule has 0 radical (unpaired) electrons. The van der Waals surface area contributed by atoms with E-state index in [-0.39, 0.29) is 5.54 Å². The van der Waals surface area contributed by atoms with Crippen molar-refractivity contribution >= 4 is 28.6 Å². The Hall–Kier alpha value is -2.01. The van der Waals surface area contributed by atoms with Gasteiger partial charge in [0.2, 0.25) is 0 Å². The van der Waals surface area contributed by atoms with Gasteiger partial charge in [0, 0.05) is 27.7 Å². The summed E-state index contributed by atoms with van der Waals surface area (Å²) in [5.41, 5.74) is 3.83. The number of nitrogens with zero attached hydrogens (tertiary/aromatic N) is 2. The first kappa shape index (κ1) is 19.0. The zero-order chi connectivity index (χ0) is 20.0. The Labute approximate surface area is 181 Å². The SMILES string of the molecule is COc1ccc(CN2CN(C)C(c3cccs3)(C3CC3)c3cc(Cl)ccc32)cc1. The summed E-state index contributed by atoms with van der Waals surface area (Å²) in [6.07, 6.45) is 2.54. The summed E-state index contributed by atoms with van der Waals surface area (Å²) in [5.74, 6) is 1.54. The van der Waals surface area contributed by atoms with Crippen LogP contribution in [0, 0.1) is 5.92 Å². The number of fused-ring (bicyclic) bond motifs is 1. The molecular formula is C24H25ClN2OS. The Kier molecular flexibility index (Phi) is 4.81. The second kappa shape index (κ2) is 7.35. The van der Waals surface area contributed by atoms with Gasteiger partial charge in [0.25, 0.3) is 0 Å². The van der Waals surface area contributed by atoms with Gasteiger partial charge < -0.3 is 9.64 Å². The van der Waals surface area contributed by atoms with E-state index in [0.29, 0.717) is 5.92 Å². The van der Waals surface area contributed by atoms with Gasteiger partial charge in [0.05, 0.1) is 19.3 Å². The number of anilines is 1. The first-order valence-corrected chi connectivity index (χ1v) is 11.3. The van der Waals surface area contributed by atoms with E-state index in [4.69, 9.17) is 16.3 Å². The third-order valence-corrected chi connectivity index (χ3v) is 7.52. The number of hydrogen-bond acceptors (Lipinski definition) is 4. The monoisotopic (exact) mass is 424 g/mol. The molecule has 0 amide bonds. The van der Waals surface area contributed by atoms with Gasteiger partial charge in [-0.05, 0) is 73.1 Å². The molecule has 3 nitrogen and oxygen atoms in total. The molecule has 1 aliphatic heterocycles. The lowest BCUT2D eigenvalue weighted by atomic mass is 9.79. The van der Waals surface area contributed by atoms with Gasteiger partial charge in [-0.2, -0.15) is 0 Å². The number of thiophene rings is 1. The van der Waals surface area contributed by atoms with E-state index in [0.717, 1.165) is 24.0 Å². The molecule has 1 saturated carbocycles. The Morgan fingerprint density at radius 1 is 1.14 bits per heavy atom. The maximum Gasteiger partial charge on any atom is 0.118 e. The summed E-state index contributed by atoms with van der Waals surface area (Å²) in [6, 6.07) is 19.3. The lowest BCUT2D eigenvalue weighted by Gasteiger charge is -2.51. The van der Waals surface area contributed by atoms with Crippen molar-refractivity contribution in [1.82, 2.24) is 4.90 Å². The number of hydrogen-bond donors (Lipinski definition) is 0. The Morgan fingerprint density at radius 3 is 2.59 bits per heavy atom. The highest BCUT2D eigenvalue weighted by molar-refractivity contribution is 7.10. The second-order valence-corrected chi connectivity index (χ2v) is 9.45. The minimum atomic E-state index is -0.0786. The minimum Gasteiger partial charge on any atom is -0.497 e. The van der Waals surface area contributed by atoms with E-state index >= 15 is 0 Å². The molecule has 29 heavy (non-hydrogen) atoms. The molecule has 1 fully saturated rings. The molecule has 2 heterocycles. The van der Waals surface area contributed by atoms with E-state index in [1.54, 1.807) is 7.11 Å². The van der Waals surface area contributed by atoms with Gasteiger partial charge in [-0.3, -0.25) is 4.90 Å². The summed E-state index contributed by atoms with van der Waals surface area (Å²) in [7, 11) is 3.97. The van der Waals surface area contributed by atoms with Crippen LogP contribution in [-0.2, 0) is 12.1 Å². The highest BCUT2D eigenvalue weighted by atomic mass is 35.5. The van der Waals surface area contributed by atoms with Crippen molar-refractivity contribution in [1.29, 1.82) is 0 Å². The van der Waals surface area contributed by atoms with E-state index in [1.165, 1.54) is 34.5 Å². The number of rotatable bonds is 5. The van der Waals surface area contributed by atoms with Crippen molar-refractivity contribution in [2.45, 2.75) is 24.9 Å². The fourth-order valence-electron chi connectivity index (χ4n) is 4.88. The van der Waals surface area contributed by atoms with E-state index in [1.807, 2.05) is 29.5 Å². The topological polar surface area (TPSA) is 15.7 Å². The van der Waals surface area contributed by atoms with E-state index in [2.05, 4.69) is 58.6 Å². The molecule has 1 aliphatic carbocycles. The van der Waals surface area contributed by atoms with E-state index in [9.17, 15) is 0 Å². The summed E-state index contributed by atoms with van der Waals surface area (Å²) in [4.78, 5) is 6.43. The largest absolute Gasteiger partial charge is 0.497 e. The quantitative estimate of drug-likeness (QED) is 0.501. The predicted octanol–water partition coefficient (Wildman–Crippen LogP) is 5.97. The highest BCUT2D eigenvalue weighted by Crippen LogP contribution is 2.58. The van der Waals surface area contributed by atoms with Crippen LogP contribution in [0.25, 0.3) is 0 Å². The van der Waals surface area contributed by atoms with Gasteiger partial charge >= 0.3 is 0 Å². The molecule has 5 rings (SSSR count). The van der Waals surface area contributed by atoms with Crippen molar-refractivity contribution in [3.8, 4) is 5.75 Å². The van der Waals surface area contributed by atoms with Crippen molar-refractivity contribution in [2.24, 2.45) is 5.92 Å². The average molecular weight is 425 g/mol. The average Bonchev–Trinajstić information content (AvgIpc) is 3.43. The molecule has 1 aromatic heterocycles. The Morgan fingerprint density at radius 2 is 1.93 bits per heavy atom. The maximum atomic E-state index is 6.53. The summed E-state index contributed by atoms with van der Waals surface area (Å²) in [5, 5.41) is 3.01. The minimum absolute atomic E-state index is 0.0786. The molecule has 3 aromatic rings. The lowest BCUT2D eigenvalue weighted by molar-refractivity contribution is 0.125. The van der Waals surface area contributed by atoms with Crippen LogP contribution in [-0.4, -0.2) is 25.7 Å². The van der Waals surface area contributed by atoms with Crippen molar-refractivity contribution < 1.29 is 4.74 Å². The van der Waals surface area contributed by atoms with Crippen LogP contribution >= 0.6 is 22.9 Å². The molecule has 5 heteroatoms. The third-order valence-electron chi connectivity index (χ3n) is 6.29. The summed E-state index contributed by atoms with van der Waals surface area (Å²) in [6.45, 7) is 1.74. The first-order valence-electron chi connectivity index (χ1n) is 10.1. The molecule has 150 valence electrons. The molecule has 1 atom stereocenters. The number of methoxy groups -OCH3 is 1. The number of benzene rings is 2. The van der Waals surface area contributed by atoms with Crippen LogP contribution in [0.2, 0.25) is 5.02 Å². The smallest absolute Gasteiger partial charge is 0.118 e. The summed E-state index contributed by atoms with van der Waals surface area (Å²) >= 11 is 8.39. The zero-order valence-electron chi connectivity index (χ0n) is 16.8. The highest BCUT2D eigenvalue weighted by Gasteiger charge is 2.54. The van der Waals surface area contributed by atoms with Crippen LogP contribution in [0.3, 0.4) is 0 Å². The van der Waals surface area contributed by atoms with Crippen LogP contribution in [0.5, 0.6) is 5.75 Å². The standard InChI is InChI=1S/C24H25ClN2OS/c1-26-16-27(15-17-5-10-20(28-2)11-6-17)22-12-9-19(25)14-21(22)24(26,18-7-8-18)23-4-3-13-29-23/h3-6,9-14,18H,7-8,15-16H2,1-2H3. The normalized spacial score (nSPS) is 21.8. The zero-order valence-corrected chi connectivity index (χ0v) is 18.3. The fraction of sp³-hybridized carbons (Fsp3) is 0.333. The second-order valence-electron chi connectivity index (χ2n) is 8.06. The molecule has 1 unspecified atom stereocenters. The maximum absolute atomic E-state index is 6.53. The van der Waals surface area contributed by atoms with Crippen molar-refractivity contribution in [2.75, 3.05) is 25.7 Å². The fourth-order valence-corrected chi connectivity index (χ4v) is 6.12. The third kappa shape index (κ3) is 3.14. The molecule has 0 bridgehead atoms. The van der Waals surface area contributed by atoms with Gasteiger partial charge in [-0.25, -0.2) is 0 Å². The van der Waals surface area contributed by atoms with Gasteiger partial charge in [0.1, 0.15) is 5.75 Å². The van der Waals surface area contributed by atoms with Gasteiger partial charge in [0.15, 0.2) is 0 Å². The molecular weight excluding hydrogens is 400 g/mol. The molecule has 0 spiro atoms. The number of ether oxygens (including phenoxy) is 1. The Balaban J connectivity index is 1.60. The molecule has 2 aromatic carbocycles. The lowest BCUT2D eigenvalue weighted by Crippen LogP contribution is -2.55. The first-order chi connectivity index (χ1) is 14.1. The van der Waals surface area contributed by atoms with Crippen LogP contribution in [0.4, 0.5) is 5.69 Å². The van der Waals surface area contributed by atoms with Gasteiger partial charge in [-0.15, -0.1) is 11.3 Å². The van der Waals surface area contributed by atoms with Gasteiger partial charge in [-0.1, -0.05) is 29.8 Å². The molecule has 0 saturated heterocycles. The van der Waals surface area contributed by atoms with Crippen LogP contribution in [0.1, 0.15) is 28.8 Å². The Bertz CT molecular complexity index is 1000.